The molecule has 4 fully saturated rings. The summed E-state index contributed by atoms with van der Waals surface area (Å²) < 4.78 is 20.3. The molecule has 0 bridgehead atoms. The number of hydrogen-bond donors (Lipinski definition) is 3. The van der Waals surface area contributed by atoms with E-state index in [2.05, 4.69) is 49.1 Å². The minimum Gasteiger partial charge on any atom is -0.369 e. The van der Waals surface area contributed by atoms with Crippen molar-refractivity contribution in [2.24, 2.45) is 0 Å². The number of halogens is 1. The molecule has 89 heavy (non-hydrogen) atoms. The summed E-state index contributed by atoms with van der Waals surface area (Å²) in [5, 5.41) is 8.77. The normalized spacial score (nSPS) is 18.3. The molecule has 1 atom stereocenters. The van der Waals surface area contributed by atoms with E-state index in [0.29, 0.717) is 110 Å². The molecular formula is C68H83FN12O7S. The Kier molecular flexibility index (Phi) is 20.0. The predicted octanol–water partition coefficient (Wildman–Crippen LogP) is 9.99. The predicted molar refractivity (Wildman–Crippen MR) is 347 cm³/mol. The fourth-order valence-corrected chi connectivity index (χ4v) is 13.9. The van der Waals surface area contributed by atoms with Gasteiger partial charge in [-0.1, -0.05) is 25.5 Å². The molecule has 10 rings (SSSR count). The highest BCUT2D eigenvalue weighted by molar-refractivity contribution is 7.97. The number of rotatable bonds is 22. The fraction of sp³-hybridized carbons (Fsp3) is 0.456. The van der Waals surface area contributed by atoms with E-state index in [9.17, 15) is 33.6 Å². The van der Waals surface area contributed by atoms with Gasteiger partial charge in [0.05, 0.1) is 28.8 Å². The number of carbonyl (C=O) groups is 7. The largest absolute Gasteiger partial charge is 0.369 e. The van der Waals surface area contributed by atoms with Crippen LogP contribution in [0.25, 0.3) is 22.3 Å². The van der Waals surface area contributed by atoms with Crippen LogP contribution in [0.2, 0.25) is 0 Å². The van der Waals surface area contributed by atoms with Crippen molar-refractivity contribution in [3.63, 3.8) is 0 Å². The number of aromatic nitrogens is 3. The zero-order valence-corrected chi connectivity index (χ0v) is 53.2. The second kappa shape index (κ2) is 27.8. The number of amides is 5. The van der Waals surface area contributed by atoms with E-state index in [-0.39, 0.29) is 59.6 Å². The molecule has 19 nitrogen and oxygen atoms in total. The number of piperazine rings is 1. The summed E-state index contributed by atoms with van der Waals surface area (Å²) in [6.45, 7) is 17.7. The molecule has 1 saturated carbocycles. The Morgan fingerprint density at radius 1 is 0.843 bits per heavy atom. The lowest BCUT2D eigenvalue weighted by Gasteiger charge is -2.49. The SMILES string of the molecule is CNC(=O)C(CCC=O)N(C)C(=O)c1cc(N2CCN(Sc3ccc(C(=O)N4CCC(C)(c5ccc(-c6cc7ncn(C(C)C)c7c(Nc7cc(C(=O)NC(C)C)c(C)cc7F)n6)cc5N(C=O)C5CC(N6CCCCC6)C5)CC4)cc3)CC2)ccc1C=O. The van der Waals surface area contributed by atoms with Crippen molar-refractivity contribution in [2.75, 3.05) is 81.6 Å². The number of hydrogen-bond acceptors (Lipinski definition) is 14. The Hall–Kier alpha value is -8.01. The standard InChI is InChI=1S/C68H83FN12O7S/c1-43(2)72-64(85)53-38-58(56(69)33-45(53)5)74-63-62-59(71-41-80(62)44(3)4)39-57(73-63)47-17-21-55(61(34-47)81(42-84)51-35-50(36-51)76-24-10-9-11-25-76)68(6)22-26-78(27-23-68)66(87)46-15-19-52(20-16-46)89-79-30-28-77(29-31-79)49-18-14-48(40-83)54(37-49)67(88)75(8)60(13-12-32-82)65(86)70-7/h14-21,32-34,37-44,50-51,60H,9-13,22-31,35-36H2,1-8H3,(H,70,86)(H,72,85)(H,73,74). The van der Waals surface area contributed by atoms with Crippen molar-refractivity contribution >= 4 is 88.5 Å². The van der Waals surface area contributed by atoms with E-state index in [1.165, 1.54) is 50.4 Å². The summed E-state index contributed by atoms with van der Waals surface area (Å²) in [6, 6.07) is 23.4. The van der Waals surface area contributed by atoms with Crippen LogP contribution in [0.1, 0.15) is 151 Å². The molecule has 3 N–H and O–H groups in total. The van der Waals surface area contributed by atoms with Crippen LogP contribution in [0.5, 0.6) is 0 Å². The van der Waals surface area contributed by atoms with Gasteiger partial charge >= 0.3 is 0 Å². The van der Waals surface area contributed by atoms with Crippen molar-refractivity contribution in [1.29, 1.82) is 0 Å². The maximum atomic E-state index is 16.0. The lowest BCUT2D eigenvalue weighted by Crippen LogP contribution is -2.55. The van der Waals surface area contributed by atoms with Crippen LogP contribution in [0.4, 0.5) is 27.3 Å². The number of benzene rings is 4. The maximum absolute atomic E-state index is 16.0. The van der Waals surface area contributed by atoms with Crippen LogP contribution in [-0.4, -0.2) is 167 Å². The Bertz CT molecular complexity index is 3600. The quantitative estimate of drug-likeness (QED) is 0.0428. The summed E-state index contributed by atoms with van der Waals surface area (Å²) >= 11 is 1.62. The van der Waals surface area contributed by atoms with Crippen LogP contribution < -0.4 is 25.8 Å². The lowest BCUT2D eigenvalue weighted by molar-refractivity contribution is -0.125. The van der Waals surface area contributed by atoms with Crippen molar-refractivity contribution in [1.82, 2.24) is 44.2 Å². The zero-order valence-electron chi connectivity index (χ0n) is 52.4. The smallest absolute Gasteiger partial charge is 0.255 e. The van der Waals surface area contributed by atoms with E-state index in [4.69, 9.17) is 9.97 Å². The van der Waals surface area contributed by atoms with Crippen LogP contribution >= 0.6 is 11.9 Å². The number of likely N-dealkylation sites (N-methyl/N-ethyl adjacent to an activating group) is 2. The minimum atomic E-state index is -0.876. The first-order valence-corrected chi connectivity index (χ1v) is 32.1. The number of anilines is 4. The summed E-state index contributed by atoms with van der Waals surface area (Å²) in [6.07, 6.45) is 11.1. The van der Waals surface area contributed by atoms with E-state index in [1.54, 1.807) is 37.3 Å². The Labute approximate surface area is 525 Å². The number of pyridine rings is 1. The van der Waals surface area contributed by atoms with E-state index in [0.717, 1.165) is 59.7 Å². The number of nitrogens with one attached hydrogen (secondary N) is 3. The van der Waals surface area contributed by atoms with Gasteiger partial charge in [-0.2, -0.15) is 0 Å². The van der Waals surface area contributed by atoms with Crippen LogP contribution in [0, 0.1) is 12.7 Å². The third-order valence-corrected chi connectivity index (χ3v) is 19.6. The molecule has 4 aromatic carbocycles. The third-order valence-electron chi connectivity index (χ3n) is 18.4. The van der Waals surface area contributed by atoms with Gasteiger partial charge in [0.2, 0.25) is 12.3 Å². The number of imidazole rings is 1. The van der Waals surface area contributed by atoms with Gasteiger partial charge in [-0.05, 0) is 188 Å². The van der Waals surface area contributed by atoms with E-state index >= 15 is 4.39 Å². The topological polar surface area (TPSA) is 206 Å². The Balaban J connectivity index is 0.841. The molecule has 0 spiro atoms. The van der Waals surface area contributed by atoms with Gasteiger partial charge < -0.3 is 49.8 Å². The highest BCUT2D eigenvalue weighted by Crippen LogP contribution is 2.45. The van der Waals surface area contributed by atoms with Gasteiger partial charge in [0.25, 0.3) is 17.7 Å². The van der Waals surface area contributed by atoms with Gasteiger partial charge in [0.1, 0.15) is 23.7 Å². The third kappa shape index (κ3) is 13.9. The number of carbonyl (C=O) groups excluding carboxylic acids is 7. The highest BCUT2D eigenvalue weighted by Gasteiger charge is 2.42. The van der Waals surface area contributed by atoms with Crippen LogP contribution in [-0.2, 0) is 19.8 Å². The molecule has 3 saturated heterocycles. The van der Waals surface area contributed by atoms with Gasteiger partial charge in [-0.15, -0.1) is 0 Å². The summed E-state index contributed by atoms with van der Waals surface area (Å²) in [5.41, 5.74) is 6.84. The molecule has 1 unspecified atom stereocenters. The molecule has 1 aliphatic carbocycles. The molecule has 6 aromatic rings. The first-order chi connectivity index (χ1) is 42.8. The molecule has 3 aliphatic heterocycles. The van der Waals surface area contributed by atoms with Crippen LogP contribution in [0.15, 0.2) is 90.1 Å². The first kappa shape index (κ1) is 64.0. The second-order valence-corrected chi connectivity index (χ2v) is 26.2. The number of fused-ring (bicyclic) bond motifs is 1. The molecule has 5 heterocycles. The van der Waals surface area contributed by atoms with Crippen molar-refractivity contribution in [3.05, 3.63) is 124 Å². The number of aldehydes is 2. The van der Waals surface area contributed by atoms with Gasteiger partial charge in [0, 0.05) is 122 Å². The lowest BCUT2D eigenvalue weighted by atomic mass is 9.72. The van der Waals surface area contributed by atoms with Crippen molar-refractivity contribution in [3.8, 4) is 11.3 Å². The summed E-state index contributed by atoms with van der Waals surface area (Å²) in [5.74, 6) is -1.38. The Morgan fingerprint density at radius 3 is 2.21 bits per heavy atom. The number of likely N-dealkylation sites (tertiary alicyclic amines) is 2. The molecular weight excluding hydrogens is 1150 g/mol. The molecule has 0 radical (unpaired) electrons. The average Bonchev–Trinajstić information content (AvgIpc) is 2.14. The average molecular weight is 1230 g/mol. The van der Waals surface area contributed by atoms with E-state index < -0.39 is 29.1 Å². The summed E-state index contributed by atoms with van der Waals surface area (Å²) in [4.78, 5) is 112. The van der Waals surface area contributed by atoms with Gasteiger partial charge in [-0.3, -0.25) is 28.8 Å². The van der Waals surface area contributed by atoms with Crippen molar-refractivity contribution < 1.29 is 38.0 Å². The summed E-state index contributed by atoms with van der Waals surface area (Å²) in [7, 11) is 2.98. The number of nitrogens with zero attached hydrogens (tertiary/aromatic N) is 9. The van der Waals surface area contributed by atoms with Crippen molar-refractivity contribution in [2.45, 2.75) is 140 Å². The Morgan fingerprint density at radius 2 is 1.56 bits per heavy atom. The monoisotopic (exact) mass is 1230 g/mol. The number of aryl methyl sites for hydroxylation is 1. The van der Waals surface area contributed by atoms with Gasteiger partial charge in [-0.25, -0.2) is 18.7 Å². The maximum Gasteiger partial charge on any atom is 0.255 e. The second-order valence-electron chi connectivity index (χ2n) is 25.1. The molecule has 21 heteroatoms. The number of piperidine rings is 2. The zero-order chi connectivity index (χ0) is 63.3. The molecule has 470 valence electrons. The first-order valence-electron chi connectivity index (χ1n) is 31.3. The molecule has 5 amide bonds. The fourth-order valence-electron chi connectivity index (χ4n) is 13.0. The highest BCUT2D eigenvalue weighted by atomic mass is 32.2. The van der Waals surface area contributed by atoms with Gasteiger partial charge in [0.15, 0.2) is 12.1 Å². The molecule has 2 aromatic heterocycles. The molecule has 4 aliphatic rings. The van der Waals surface area contributed by atoms with Crippen LogP contribution in [0.3, 0.4) is 0 Å². The van der Waals surface area contributed by atoms with E-state index in [1.807, 2.05) is 84.5 Å². The minimum absolute atomic E-state index is 0.00226.